The second-order valence-corrected chi connectivity index (χ2v) is 7.68. The summed E-state index contributed by atoms with van der Waals surface area (Å²) in [4.78, 5) is 17.8. The van der Waals surface area contributed by atoms with Gasteiger partial charge in [-0.05, 0) is 42.5 Å². The van der Waals surface area contributed by atoms with Crippen LogP contribution in [0.3, 0.4) is 0 Å². The molecule has 0 saturated carbocycles. The highest BCUT2D eigenvalue weighted by molar-refractivity contribution is 14.0. The molecule has 5 nitrogen and oxygen atoms in total. The Hall–Kier alpha value is -1.61. The molecule has 0 aliphatic rings. The molecular formula is C21H31IN4OS. The summed E-state index contributed by atoms with van der Waals surface area (Å²) in [5, 5.41) is 11.8. The Balaban J connectivity index is 0.00000392. The Morgan fingerprint density at radius 1 is 1.14 bits per heavy atom. The second-order valence-electron chi connectivity index (χ2n) is 6.70. The number of thiophene rings is 1. The lowest BCUT2D eigenvalue weighted by Crippen LogP contribution is -2.38. The third kappa shape index (κ3) is 7.79. The van der Waals surface area contributed by atoms with Crippen molar-refractivity contribution in [1.82, 2.24) is 16.0 Å². The maximum Gasteiger partial charge on any atom is 0.251 e. The van der Waals surface area contributed by atoms with Crippen molar-refractivity contribution < 1.29 is 4.79 Å². The Kier molecular flexibility index (Phi) is 11.1. The van der Waals surface area contributed by atoms with Crippen LogP contribution >= 0.6 is 35.3 Å². The molecule has 154 valence electrons. The number of nitrogens with one attached hydrogen (secondary N) is 3. The number of halogens is 1. The number of carbonyl (C=O) groups excluding carboxylic acids is 1. The Bertz CT molecular complexity index is 731. The number of hydrogen-bond acceptors (Lipinski definition) is 3. The maximum absolute atomic E-state index is 12.1. The van der Waals surface area contributed by atoms with Gasteiger partial charge in [-0.2, -0.15) is 0 Å². The average Bonchev–Trinajstić information content (AvgIpc) is 3.23. The van der Waals surface area contributed by atoms with Crippen molar-refractivity contribution in [2.45, 2.75) is 45.7 Å². The van der Waals surface area contributed by atoms with Gasteiger partial charge in [0.2, 0.25) is 0 Å². The number of nitrogens with zero attached hydrogens (tertiary/aromatic N) is 1. The third-order valence-electron chi connectivity index (χ3n) is 4.49. The lowest BCUT2D eigenvalue weighted by molar-refractivity contribution is 0.0939. The monoisotopic (exact) mass is 514 g/mol. The van der Waals surface area contributed by atoms with E-state index < -0.39 is 0 Å². The molecular weight excluding hydrogens is 483 g/mol. The molecule has 1 aromatic carbocycles. The fourth-order valence-corrected chi connectivity index (χ4v) is 3.30. The van der Waals surface area contributed by atoms with Crippen molar-refractivity contribution in [3.8, 4) is 0 Å². The number of aliphatic imine (C=N–C) groups is 1. The van der Waals surface area contributed by atoms with E-state index in [2.05, 4.69) is 52.3 Å². The zero-order chi connectivity index (χ0) is 19.6. The first-order valence-corrected chi connectivity index (χ1v) is 10.3. The van der Waals surface area contributed by atoms with Gasteiger partial charge in [-0.25, -0.2) is 0 Å². The zero-order valence-corrected chi connectivity index (χ0v) is 20.1. The van der Waals surface area contributed by atoms with Gasteiger partial charge < -0.3 is 16.0 Å². The van der Waals surface area contributed by atoms with E-state index in [1.807, 2.05) is 31.2 Å². The topological polar surface area (TPSA) is 65.5 Å². The van der Waals surface area contributed by atoms with Gasteiger partial charge in [-0.15, -0.1) is 35.3 Å². The predicted molar refractivity (Wildman–Crippen MR) is 130 cm³/mol. The SMILES string of the molecule is CCC(C)NC(=O)c1ccc(CNC(=NC)NCC(C)c2cccs2)cc1.I. The normalized spacial score (nSPS) is 13.2. The van der Waals surface area contributed by atoms with Crippen LogP contribution in [0.4, 0.5) is 0 Å². The number of amides is 1. The first-order chi connectivity index (χ1) is 13.0. The summed E-state index contributed by atoms with van der Waals surface area (Å²) >= 11 is 1.78. The average molecular weight is 514 g/mol. The highest BCUT2D eigenvalue weighted by Crippen LogP contribution is 2.19. The van der Waals surface area contributed by atoms with E-state index >= 15 is 0 Å². The lowest BCUT2D eigenvalue weighted by Gasteiger charge is -2.15. The van der Waals surface area contributed by atoms with Crippen LogP contribution in [0.1, 0.15) is 53.9 Å². The van der Waals surface area contributed by atoms with Crippen molar-refractivity contribution >= 4 is 47.2 Å². The van der Waals surface area contributed by atoms with E-state index in [-0.39, 0.29) is 35.9 Å². The van der Waals surface area contributed by atoms with Crippen LogP contribution in [0, 0.1) is 0 Å². The van der Waals surface area contributed by atoms with E-state index in [1.54, 1.807) is 18.4 Å². The van der Waals surface area contributed by atoms with Crippen molar-refractivity contribution in [2.75, 3.05) is 13.6 Å². The van der Waals surface area contributed by atoms with Crippen molar-refractivity contribution in [3.05, 3.63) is 57.8 Å². The van der Waals surface area contributed by atoms with Gasteiger partial charge >= 0.3 is 0 Å². The molecule has 0 spiro atoms. The van der Waals surface area contributed by atoms with Gasteiger partial charge in [0.05, 0.1) is 0 Å². The largest absolute Gasteiger partial charge is 0.356 e. The van der Waals surface area contributed by atoms with Crippen LogP contribution in [0.25, 0.3) is 0 Å². The molecule has 0 saturated heterocycles. The first-order valence-electron chi connectivity index (χ1n) is 9.41. The van der Waals surface area contributed by atoms with Crippen LogP contribution in [-0.4, -0.2) is 31.5 Å². The summed E-state index contributed by atoms with van der Waals surface area (Å²) in [6, 6.07) is 12.1. The molecule has 2 unspecified atom stereocenters. The summed E-state index contributed by atoms with van der Waals surface area (Å²) in [6.45, 7) is 7.75. The van der Waals surface area contributed by atoms with Gasteiger partial charge in [0.1, 0.15) is 0 Å². The molecule has 1 aromatic heterocycles. The summed E-state index contributed by atoms with van der Waals surface area (Å²) in [5.74, 6) is 1.19. The molecule has 0 fully saturated rings. The fraction of sp³-hybridized carbons (Fsp3) is 0.429. The Labute approximate surface area is 189 Å². The van der Waals surface area contributed by atoms with Crippen LogP contribution < -0.4 is 16.0 Å². The minimum absolute atomic E-state index is 0. The van der Waals surface area contributed by atoms with E-state index in [0.717, 1.165) is 24.5 Å². The fourth-order valence-electron chi connectivity index (χ4n) is 2.51. The quantitative estimate of drug-likeness (QED) is 0.279. The molecule has 7 heteroatoms. The van der Waals surface area contributed by atoms with Crippen LogP contribution in [0.2, 0.25) is 0 Å². The van der Waals surface area contributed by atoms with E-state index in [1.165, 1.54) is 4.88 Å². The second kappa shape index (κ2) is 12.8. The number of carbonyl (C=O) groups is 1. The minimum Gasteiger partial charge on any atom is -0.356 e. The molecule has 0 aliphatic carbocycles. The molecule has 1 heterocycles. The smallest absolute Gasteiger partial charge is 0.251 e. The predicted octanol–water partition coefficient (Wildman–Crippen LogP) is 4.36. The summed E-state index contributed by atoms with van der Waals surface area (Å²) in [7, 11) is 1.77. The van der Waals surface area contributed by atoms with Gasteiger partial charge in [0.15, 0.2) is 5.96 Å². The summed E-state index contributed by atoms with van der Waals surface area (Å²) < 4.78 is 0. The molecule has 28 heavy (non-hydrogen) atoms. The van der Waals surface area contributed by atoms with Crippen LogP contribution in [0.5, 0.6) is 0 Å². The number of guanidine groups is 1. The molecule has 2 aromatic rings. The van der Waals surface area contributed by atoms with Gasteiger partial charge in [-0.3, -0.25) is 9.79 Å². The van der Waals surface area contributed by atoms with E-state index in [4.69, 9.17) is 0 Å². The first kappa shape index (κ1) is 24.4. The van der Waals surface area contributed by atoms with Crippen molar-refractivity contribution in [2.24, 2.45) is 4.99 Å². The number of benzene rings is 1. The molecule has 1 amide bonds. The Morgan fingerprint density at radius 2 is 1.86 bits per heavy atom. The Morgan fingerprint density at radius 3 is 2.43 bits per heavy atom. The molecule has 0 radical (unpaired) electrons. The van der Waals surface area contributed by atoms with E-state index in [0.29, 0.717) is 18.0 Å². The van der Waals surface area contributed by atoms with E-state index in [9.17, 15) is 4.79 Å². The third-order valence-corrected chi connectivity index (χ3v) is 5.60. The number of hydrogen-bond donors (Lipinski definition) is 3. The van der Waals surface area contributed by atoms with Gasteiger partial charge in [-0.1, -0.05) is 32.0 Å². The standard InChI is InChI=1S/C21H30N4OS.HI/c1-5-16(3)25-20(26)18-10-8-17(9-11-18)14-24-21(22-4)23-13-15(2)19-7-6-12-27-19;/h6-12,15-16H,5,13-14H2,1-4H3,(H,25,26)(H2,22,23,24);1H. The van der Waals surface area contributed by atoms with Crippen LogP contribution in [-0.2, 0) is 6.54 Å². The molecule has 2 rings (SSSR count). The zero-order valence-electron chi connectivity index (χ0n) is 17.0. The lowest BCUT2D eigenvalue weighted by atomic mass is 10.1. The van der Waals surface area contributed by atoms with Crippen molar-refractivity contribution in [3.63, 3.8) is 0 Å². The molecule has 2 atom stereocenters. The molecule has 0 bridgehead atoms. The highest BCUT2D eigenvalue weighted by atomic mass is 127. The van der Waals surface area contributed by atoms with Gasteiger partial charge in [0, 0.05) is 42.5 Å². The highest BCUT2D eigenvalue weighted by Gasteiger charge is 2.09. The maximum atomic E-state index is 12.1. The molecule has 0 aliphatic heterocycles. The summed E-state index contributed by atoms with van der Waals surface area (Å²) in [5.41, 5.74) is 1.79. The van der Waals surface area contributed by atoms with Crippen molar-refractivity contribution in [1.29, 1.82) is 0 Å². The minimum atomic E-state index is -0.0242. The van der Waals surface area contributed by atoms with Crippen LogP contribution in [0.15, 0.2) is 46.8 Å². The molecule has 3 N–H and O–H groups in total. The van der Waals surface area contributed by atoms with Gasteiger partial charge in [0.25, 0.3) is 5.91 Å². The number of rotatable bonds is 8. The summed E-state index contributed by atoms with van der Waals surface area (Å²) in [6.07, 6.45) is 0.922.